The van der Waals surface area contributed by atoms with Crippen molar-refractivity contribution in [2.24, 2.45) is 0 Å². The molecule has 0 unspecified atom stereocenters. The Hall–Kier alpha value is -1.00. The fourth-order valence-corrected chi connectivity index (χ4v) is 1.70. The highest BCUT2D eigenvalue weighted by Gasteiger charge is 2.01. The van der Waals surface area contributed by atoms with Gasteiger partial charge in [-0.15, -0.1) is 0 Å². The van der Waals surface area contributed by atoms with Crippen LogP contribution in [0.25, 0.3) is 0 Å². The molecule has 2 rings (SSSR count). The summed E-state index contributed by atoms with van der Waals surface area (Å²) in [7, 11) is 0. The molecule has 0 atom stereocenters. The summed E-state index contributed by atoms with van der Waals surface area (Å²) < 4.78 is 2.64. The average Bonchev–Trinajstić information content (AvgIpc) is 2.62. The van der Waals surface area contributed by atoms with Crippen LogP contribution in [0.4, 0.5) is 5.82 Å². The Morgan fingerprint density at radius 1 is 1.36 bits per heavy atom. The Bertz CT molecular complexity index is 428. The second kappa shape index (κ2) is 4.02. The van der Waals surface area contributed by atoms with E-state index in [-0.39, 0.29) is 0 Å². The molecule has 3 nitrogen and oxygen atoms in total. The molecule has 0 saturated carbocycles. The molecule has 14 heavy (non-hydrogen) atoms. The zero-order chi connectivity index (χ0) is 9.97. The van der Waals surface area contributed by atoms with Gasteiger partial charge in [-0.25, -0.2) is 4.98 Å². The zero-order valence-electron chi connectivity index (χ0n) is 7.11. The molecular weight excluding hydrogens is 265 g/mol. The fourth-order valence-electron chi connectivity index (χ4n) is 1.03. The first kappa shape index (κ1) is 9.55. The molecule has 1 N–H and O–H groups in total. The van der Waals surface area contributed by atoms with Gasteiger partial charge in [0.05, 0.1) is 5.02 Å². The van der Waals surface area contributed by atoms with Crippen LogP contribution in [0.15, 0.2) is 41.3 Å². The highest BCUT2D eigenvalue weighted by Crippen LogP contribution is 2.22. The lowest BCUT2D eigenvalue weighted by Gasteiger charge is -2.07. The van der Waals surface area contributed by atoms with Gasteiger partial charge in [-0.1, -0.05) is 11.6 Å². The summed E-state index contributed by atoms with van der Waals surface area (Å²) in [5, 5.41) is 0.577. The van der Waals surface area contributed by atoms with E-state index in [0.29, 0.717) is 10.8 Å². The summed E-state index contributed by atoms with van der Waals surface area (Å²) in [5.41, 5.74) is 3.03. The minimum absolute atomic E-state index is 0.577. The SMILES string of the molecule is Clc1cc(Br)cnc1Nn1cccc1. The molecule has 0 radical (unpaired) electrons. The van der Waals surface area contributed by atoms with Crippen molar-refractivity contribution >= 4 is 33.3 Å². The first-order valence-electron chi connectivity index (χ1n) is 3.97. The van der Waals surface area contributed by atoms with Crippen LogP contribution in [0.2, 0.25) is 5.02 Å². The first-order chi connectivity index (χ1) is 6.75. The molecule has 2 heterocycles. The number of rotatable bonds is 2. The van der Waals surface area contributed by atoms with Gasteiger partial charge in [-0.05, 0) is 34.1 Å². The molecule has 0 aliphatic heterocycles. The van der Waals surface area contributed by atoms with Crippen molar-refractivity contribution in [1.29, 1.82) is 0 Å². The molecule has 0 aliphatic rings. The van der Waals surface area contributed by atoms with E-state index in [4.69, 9.17) is 11.6 Å². The topological polar surface area (TPSA) is 29.9 Å². The number of anilines is 1. The number of nitrogens with zero attached hydrogens (tertiary/aromatic N) is 2. The quantitative estimate of drug-likeness (QED) is 0.910. The number of nitrogens with one attached hydrogen (secondary N) is 1. The van der Waals surface area contributed by atoms with Gasteiger partial charge in [-0.3, -0.25) is 10.1 Å². The molecule has 0 fully saturated rings. The van der Waals surface area contributed by atoms with Gasteiger partial charge in [0.25, 0.3) is 0 Å². The Labute approximate surface area is 94.8 Å². The van der Waals surface area contributed by atoms with Gasteiger partial charge in [-0.2, -0.15) is 0 Å². The number of hydrogen-bond donors (Lipinski definition) is 1. The maximum atomic E-state index is 5.98. The van der Waals surface area contributed by atoms with Crippen LogP contribution in [0.5, 0.6) is 0 Å². The summed E-state index contributed by atoms with van der Waals surface area (Å²) in [5.74, 6) is 0.631. The van der Waals surface area contributed by atoms with Gasteiger partial charge in [0.15, 0.2) is 5.82 Å². The Kier molecular flexibility index (Phi) is 2.74. The molecule has 0 saturated heterocycles. The normalized spacial score (nSPS) is 10.1. The molecular formula is C9H7BrClN3. The third-order valence-electron chi connectivity index (χ3n) is 1.65. The van der Waals surface area contributed by atoms with Crippen molar-refractivity contribution < 1.29 is 0 Å². The third kappa shape index (κ3) is 2.08. The van der Waals surface area contributed by atoms with Crippen LogP contribution in [0.1, 0.15) is 0 Å². The van der Waals surface area contributed by atoms with Crippen molar-refractivity contribution in [3.63, 3.8) is 0 Å². The largest absolute Gasteiger partial charge is 0.277 e. The van der Waals surface area contributed by atoms with Gasteiger partial charge in [0.1, 0.15) is 0 Å². The number of hydrogen-bond acceptors (Lipinski definition) is 2. The summed E-state index contributed by atoms with van der Waals surface area (Å²) in [4.78, 5) is 4.14. The molecule has 2 aromatic rings. The standard InChI is InChI=1S/C9H7BrClN3/c10-7-5-8(11)9(12-6-7)13-14-3-1-2-4-14/h1-6H,(H,12,13). The van der Waals surface area contributed by atoms with E-state index in [0.717, 1.165) is 4.47 Å². The molecule has 0 aliphatic carbocycles. The minimum atomic E-state index is 0.577. The maximum Gasteiger partial charge on any atom is 0.163 e. The number of pyridine rings is 1. The second-order valence-corrected chi connectivity index (χ2v) is 4.01. The maximum absolute atomic E-state index is 5.98. The molecule has 72 valence electrons. The van der Waals surface area contributed by atoms with Crippen LogP contribution < -0.4 is 5.43 Å². The first-order valence-corrected chi connectivity index (χ1v) is 5.14. The van der Waals surface area contributed by atoms with Crippen LogP contribution in [0.3, 0.4) is 0 Å². The van der Waals surface area contributed by atoms with Gasteiger partial charge >= 0.3 is 0 Å². The van der Waals surface area contributed by atoms with E-state index in [1.807, 2.05) is 24.5 Å². The van der Waals surface area contributed by atoms with E-state index in [1.54, 1.807) is 16.9 Å². The Morgan fingerprint density at radius 3 is 2.71 bits per heavy atom. The van der Waals surface area contributed by atoms with Gasteiger partial charge in [0, 0.05) is 23.1 Å². The van der Waals surface area contributed by atoms with Crippen molar-refractivity contribution in [2.45, 2.75) is 0 Å². The summed E-state index contributed by atoms with van der Waals surface area (Å²) in [6.45, 7) is 0. The van der Waals surface area contributed by atoms with Crippen LogP contribution in [0, 0.1) is 0 Å². The lowest BCUT2D eigenvalue weighted by molar-refractivity contribution is 0.952. The van der Waals surface area contributed by atoms with Gasteiger partial charge < -0.3 is 0 Å². The van der Waals surface area contributed by atoms with Crippen molar-refractivity contribution in [1.82, 2.24) is 9.66 Å². The fraction of sp³-hybridized carbons (Fsp3) is 0. The predicted molar refractivity (Wildman–Crippen MR) is 60.4 cm³/mol. The molecule has 0 amide bonds. The smallest absolute Gasteiger partial charge is 0.163 e. The summed E-state index contributed by atoms with van der Waals surface area (Å²) in [6, 6.07) is 5.62. The third-order valence-corrected chi connectivity index (χ3v) is 2.37. The Balaban J connectivity index is 2.25. The van der Waals surface area contributed by atoms with Crippen molar-refractivity contribution in [3.05, 3.63) is 46.3 Å². The highest BCUT2D eigenvalue weighted by atomic mass is 79.9. The molecule has 2 aromatic heterocycles. The molecule has 5 heteroatoms. The average molecular weight is 273 g/mol. The molecule has 0 bridgehead atoms. The zero-order valence-corrected chi connectivity index (χ0v) is 9.46. The van der Waals surface area contributed by atoms with E-state index in [2.05, 4.69) is 26.3 Å². The lowest BCUT2D eigenvalue weighted by Crippen LogP contribution is -2.07. The number of halogens is 2. The van der Waals surface area contributed by atoms with Crippen molar-refractivity contribution in [2.75, 3.05) is 5.43 Å². The van der Waals surface area contributed by atoms with Crippen LogP contribution >= 0.6 is 27.5 Å². The number of aromatic nitrogens is 2. The van der Waals surface area contributed by atoms with Crippen LogP contribution in [-0.4, -0.2) is 9.66 Å². The van der Waals surface area contributed by atoms with Crippen molar-refractivity contribution in [3.8, 4) is 0 Å². The second-order valence-electron chi connectivity index (χ2n) is 2.69. The Morgan fingerprint density at radius 2 is 2.07 bits per heavy atom. The van der Waals surface area contributed by atoms with E-state index >= 15 is 0 Å². The predicted octanol–water partition coefficient (Wildman–Crippen LogP) is 3.17. The molecule has 0 aromatic carbocycles. The van der Waals surface area contributed by atoms with E-state index in [1.165, 1.54) is 0 Å². The van der Waals surface area contributed by atoms with E-state index < -0.39 is 0 Å². The van der Waals surface area contributed by atoms with Gasteiger partial charge in [0.2, 0.25) is 0 Å². The van der Waals surface area contributed by atoms with E-state index in [9.17, 15) is 0 Å². The highest BCUT2D eigenvalue weighted by molar-refractivity contribution is 9.10. The molecule has 0 spiro atoms. The summed E-state index contributed by atoms with van der Waals surface area (Å²) >= 11 is 9.27. The summed E-state index contributed by atoms with van der Waals surface area (Å²) in [6.07, 6.45) is 5.44. The monoisotopic (exact) mass is 271 g/mol. The van der Waals surface area contributed by atoms with Crippen LogP contribution in [-0.2, 0) is 0 Å². The lowest BCUT2D eigenvalue weighted by atomic mass is 10.5. The minimum Gasteiger partial charge on any atom is -0.277 e.